The molecular weight excluding hydrogens is 314 g/mol. The molecule has 2 heterocycles. The summed E-state index contributed by atoms with van der Waals surface area (Å²) in [4.78, 5) is 4.43. The smallest absolute Gasteiger partial charge is 0.179 e. The maximum atomic E-state index is 5.34. The summed E-state index contributed by atoms with van der Waals surface area (Å²) in [6.45, 7) is 0. The number of rotatable bonds is 4. The second-order valence-electron chi connectivity index (χ2n) is 4.83. The van der Waals surface area contributed by atoms with E-state index in [2.05, 4.69) is 10.1 Å². The topological polar surface area (TPSA) is 49.2 Å². The van der Waals surface area contributed by atoms with Crippen LogP contribution in [0.25, 0.3) is 22.6 Å². The Labute approximate surface area is 141 Å². The van der Waals surface area contributed by atoms with Gasteiger partial charge in [-0.25, -0.2) is 0 Å². The van der Waals surface area contributed by atoms with Crippen LogP contribution in [0.5, 0.6) is 11.5 Å². The van der Waals surface area contributed by atoms with Gasteiger partial charge in [0.1, 0.15) is 0 Å². The van der Waals surface area contributed by atoms with Crippen molar-refractivity contribution in [1.82, 2.24) is 14.8 Å². The highest BCUT2D eigenvalue weighted by Gasteiger charge is 2.13. The van der Waals surface area contributed by atoms with Crippen LogP contribution in [0.4, 0.5) is 0 Å². The van der Waals surface area contributed by atoms with Gasteiger partial charge in [-0.15, -0.1) is 12.4 Å². The Morgan fingerprint density at radius 2 is 1.61 bits per heavy atom. The molecule has 2 aromatic heterocycles. The molecule has 0 amide bonds. The van der Waals surface area contributed by atoms with Crippen LogP contribution in [0.15, 0.2) is 48.7 Å². The van der Waals surface area contributed by atoms with Gasteiger partial charge in [-0.05, 0) is 6.07 Å². The Morgan fingerprint density at radius 1 is 0.913 bits per heavy atom. The van der Waals surface area contributed by atoms with Crippen LogP contribution in [0.1, 0.15) is 0 Å². The van der Waals surface area contributed by atoms with Crippen LogP contribution in [0, 0.1) is 0 Å². The van der Waals surface area contributed by atoms with Gasteiger partial charge < -0.3 is 9.47 Å². The quantitative estimate of drug-likeness (QED) is 0.733. The SMILES string of the molecule is COc1cnc(-c2cc(-c3ccccc3)nn2C)cc1OC.Cl. The fourth-order valence-corrected chi connectivity index (χ4v) is 2.33. The molecule has 0 atom stereocenters. The van der Waals surface area contributed by atoms with Crippen LogP contribution in [0.2, 0.25) is 0 Å². The van der Waals surface area contributed by atoms with Gasteiger partial charge in [-0.3, -0.25) is 9.67 Å². The molecule has 5 nitrogen and oxygen atoms in total. The van der Waals surface area contributed by atoms with E-state index in [1.54, 1.807) is 20.4 Å². The Hall–Kier alpha value is -2.53. The van der Waals surface area contributed by atoms with E-state index in [1.165, 1.54) is 0 Å². The van der Waals surface area contributed by atoms with E-state index in [4.69, 9.17) is 9.47 Å². The van der Waals surface area contributed by atoms with Crippen molar-refractivity contribution in [2.75, 3.05) is 14.2 Å². The number of hydrogen-bond donors (Lipinski definition) is 0. The Morgan fingerprint density at radius 3 is 2.26 bits per heavy atom. The molecule has 0 radical (unpaired) electrons. The molecule has 0 N–H and O–H groups in total. The Balaban J connectivity index is 0.00000192. The lowest BCUT2D eigenvalue weighted by Gasteiger charge is -2.08. The number of nitrogens with zero attached hydrogens (tertiary/aromatic N) is 3. The number of methoxy groups -OCH3 is 2. The summed E-state index contributed by atoms with van der Waals surface area (Å²) in [5.74, 6) is 1.26. The number of aromatic nitrogens is 3. The van der Waals surface area contributed by atoms with Crippen LogP contribution in [0.3, 0.4) is 0 Å². The predicted octanol–water partition coefficient (Wildman–Crippen LogP) is 3.59. The van der Waals surface area contributed by atoms with Gasteiger partial charge in [0.05, 0.1) is 37.5 Å². The lowest BCUT2D eigenvalue weighted by atomic mass is 10.1. The summed E-state index contributed by atoms with van der Waals surface area (Å²) in [6.07, 6.45) is 1.66. The van der Waals surface area contributed by atoms with Gasteiger partial charge in [0.25, 0.3) is 0 Å². The van der Waals surface area contributed by atoms with Crippen molar-refractivity contribution in [3.05, 3.63) is 48.7 Å². The molecule has 3 rings (SSSR count). The van der Waals surface area contributed by atoms with E-state index < -0.39 is 0 Å². The molecule has 23 heavy (non-hydrogen) atoms. The minimum absolute atomic E-state index is 0. The largest absolute Gasteiger partial charge is 0.493 e. The first-order valence-electron chi connectivity index (χ1n) is 6.91. The number of aryl methyl sites for hydroxylation is 1. The summed E-state index contributed by atoms with van der Waals surface area (Å²) < 4.78 is 12.4. The van der Waals surface area contributed by atoms with E-state index in [-0.39, 0.29) is 12.4 Å². The number of halogens is 1. The van der Waals surface area contributed by atoms with E-state index in [9.17, 15) is 0 Å². The molecule has 3 aromatic rings. The summed E-state index contributed by atoms with van der Waals surface area (Å²) in [6, 6.07) is 13.9. The molecule has 0 saturated heterocycles. The van der Waals surface area contributed by atoms with Crippen molar-refractivity contribution in [2.24, 2.45) is 7.05 Å². The molecule has 0 aliphatic rings. The van der Waals surface area contributed by atoms with Crippen LogP contribution < -0.4 is 9.47 Å². The average Bonchev–Trinajstić information content (AvgIpc) is 2.97. The number of ether oxygens (including phenoxy) is 2. The van der Waals surface area contributed by atoms with Gasteiger partial charge in [-0.1, -0.05) is 30.3 Å². The molecule has 0 bridgehead atoms. The fraction of sp³-hybridized carbons (Fsp3) is 0.176. The third kappa shape index (κ3) is 3.29. The van der Waals surface area contributed by atoms with Gasteiger partial charge in [0.15, 0.2) is 11.5 Å². The molecule has 6 heteroatoms. The maximum absolute atomic E-state index is 5.34. The zero-order chi connectivity index (χ0) is 15.5. The molecule has 0 aliphatic heterocycles. The first-order valence-corrected chi connectivity index (χ1v) is 6.91. The summed E-state index contributed by atoms with van der Waals surface area (Å²) in [7, 11) is 5.11. The van der Waals surface area contributed by atoms with E-state index in [0.29, 0.717) is 11.5 Å². The number of pyridine rings is 1. The minimum Gasteiger partial charge on any atom is -0.493 e. The first-order chi connectivity index (χ1) is 10.7. The van der Waals surface area contributed by atoms with Gasteiger partial charge in [-0.2, -0.15) is 5.10 Å². The lowest BCUT2D eigenvalue weighted by Crippen LogP contribution is -1.97. The summed E-state index contributed by atoms with van der Waals surface area (Å²) >= 11 is 0. The van der Waals surface area contributed by atoms with Crippen molar-refractivity contribution in [1.29, 1.82) is 0 Å². The highest BCUT2D eigenvalue weighted by molar-refractivity contribution is 5.85. The van der Waals surface area contributed by atoms with Crippen molar-refractivity contribution >= 4 is 12.4 Å². The molecule has 120 valence electrons. The Bertz CT molecular complexity index is 788. The Kier molecular flexibility index (Phi) is 5.24. The standard InChI is InChI=1S/C17H17N3O2.ClH/c1-20-15(9-13(19-20)12-7-5-4-6-8-12)14-10-16(21-2)17(22-3)11-18-14;/h4-11H,1-3H3;1H. The van der Waals surface area contributed by atoms with Gasteiger partial charge >= 0.3 is 0 Å². The number of hydrogen-bond acceptors (Lipinski definition) is 4. The van der Waals surface area contributed by atoms with E-state index in [0.717, 1.165) is 22.6 Å². The second-order valence-corrected chi connectivity index (χ2v) is 4.83. The third-order valence-electron chi connectivity index (χ3n) is 3.48. The van der Waals surface area contributed by atoms with Crippen LogP contribution >= 0.6 is 12.4 Å². The molecule has 0 aliphatic carbocycles. The zero-order valence-corrected chi connectivity index (χ0v) is 14.0. The molecule has 1 aromatic carbocycles. The summed E-state index contributed by atoms with van der Waals surface area (Å²) in [5.41, 5.74) is 3.69. The van der Waals surface area contributed by atoms with Crippen LogP contribution in [-0.4, -0.2) is 29.0 Å². The lowest BCUT2D eigenvalue weighted by molar-refractivity contribution is 0.353. The monoisotopic (exact) mass is 331 g/mol. The van der Waals surface area contributed by atoms with E-state index in [1.807, 2.05) is 54.2 Å². The second kappa shape index (κ2) is 7.15. The van der Waals surface area contributed by atoms with Crippen molar-refractivity contribution in [3.63, 3.8) is 0 Å². The zero-order valence-electron chi connectivity index (χ0n) is 13.2. The van der Waals surface area contributed by atoms with Crippen molar-refractivity contribution in [3.8, 4) is 34.1 Å². The normalized spacial score (nSPS) is 10.0. The highest BCUT2D eigenvalue weighted by Crippen LogP contribution is 2.31. The fourth-order valence-electron chi connectivity index (χ4n) is 2.33. The maximum Gasteiger partial charge on any atom is 0.179 e. The molecule has 0 saturated carbocycles. The molecule has 0 fully saturated rings. The van der Waals surface area contributed by atoms with Gasteiger partial charge in [0, 0.05) is 18.7 Å². The average molecular weight is 332 g/mol. The molecular formula is C17H18ClN3O2. The van der Waals surface area contributed by atoms with E-state index >= 15 is 0 Å². The molecule has 0 spiro atoms. The first kappa shape index (κ1) is 16.8. The van der Waals surface area contributed by atoms with Crippen LogP contribution in [-0.2, 0) is 7.05 Å². The van der Waals surface area contributed by atoms with Crippen molar-refractivity contribution in [2.45, 2.75) is 0 Å². The minimum atomic E-state index is 0. The molecule has 0 unspecified atom stereocenters. The number of benzene rings is 1. The summed E-state index contributed by atoms with van der Waals surface area (Å²) in [5, 5.41) is 4.56. The van der Waals surface area contributed by atoms with Gasteiger partial charge in [0.2, 0.25) is 0 Å². The predicted molar refractivity (Wildman–Crippen MR) is 92.2 cm³/mol. The van der Waals surface area contributed by atoms with Crippen molar-refractivity contribution < 1.29 is 9.47 Å². The highest BCUT2D eigenvalue weighted by atomic mass is 35.5. The third-order valence-corrected chi connectivity index (χ3v) is 3.48.